The third-order valence-corrected chi connectivity index (χ3v) is 5.75. The van der Waals surface area contributed by atoms with Gasteiger partial charge in [-0.25, -0.2) is 0 Å². The summed E-state index contributed by atoms with van der Waals surface area (Å²) in [6, 6.07) is 14.7. The quantitative estimate of drug-likeness (QED) is 0.464. The highest BCUT2D eigenvalue weighted by Gasteiger charge is 2.16. The Kier molecular flexibility index (Phi) is 8.08. The lowest BCUT2D eigenvalue weighted by molar-refractivity contribution is -0.116. The summed E-state index contributed by atoms with van der Waals surface area (Å²) in [4.78, 5) is 24.7. The molecule has 2 aromatic carbocycles. The Morgan fingerprint density at radius 3 is 2.16 bits per heavy atom. The topological polar surface area (TPSA) is 88.9 Å². The molecule has 0 spiro atoms. The van der Waals surface area contributed by atoms with E-state index >= 15 is 0 Å². The fraction of sp³-hybridized carbons (Fsp3) is 0.273. The number of amides is 2. The fourth-order valence-electron chi connectivity index (χ4n) is 2.91. The fourth-order valence-corrected chi connectivity index (χ4v) is 3.85. The average Bonchev–Trinajstić information content (AvgIpc) is 3.15. The van der Waals surface area contributed by atoms with Crippen molar-refractivity contribution in [3.8, 4) is 0 Å². The van der Waals surface area contributed by atoms with E-state index in [0.29, 0.717) is 28.2 Å². The molecule has 0 aliphatic carbocycles. The molecule has 0 radical (unpaired) electrons. The number of carbonyl (C=O) groups is 2. The number of aromatic nitrogens is 3. The first kappa shape index (κ1) is 22.8. The number of nitrogens with zero attached hydrogens (tertiary/aromatic N) is 3. The number of halogens is 1. The minimum Gasteiger partial charge on any atom is -0.326 e. The summed E-state index contributed by atoms with van der Waals surface area (Å²) in [5.74, 6) is 0.424. The number of aryl methyl sites for hydroxylation is 1. The van der Waals surface area contributed by atoms with Crippen LogP contribution in [0.25, 0.3) is 0 Å². The van der Waals surface area contributed by atoms with Gasteiger partial charge in [0.05, 0.1) is 12.2 Å². The SMILES string of the molecule is CCc1ccc(NC(=O)CSc2nnc(CC(=O)Nc3ccc(Cl)cc3)n2CC)cc1. The maximum Gasteiger partial charge on any atom is 0.234 e. The van der Waals surface area contributed by atoms with Crippen molar-refractivity contribution in [3.05, 3.63) is 64.9 Å². The molecule has 1 heterocycles. The molecule has 0 aliphatic rings. The van der Waals surface area contributed by atoms with E-state index < -0.39 is 0 Å². The van der Waals surface area contributed by atoms with Crippen molar-refractivity contribution in [2.45, 2.75) is 38.4 Å². The third-order valence-electron chi connectivity index (χ3n) is 4.53. The van der Waals surface area contributed by atoms with Crippen LogP contribution in [-0.4, -0.2) is 32.3 Å². The summed E-state index contributed by atoms with van der Waals surface area (Å²) in [6.45, 7) is 4.63. The van der Waals surface area contributed by atoms with Crippen molar-refractivity contribution in [2.75, 3.05) is 16.4 Å². The van der Waals surface area contributed by atoms with Crippen molar-refractivity contribution < 1.29 is 9.59 Å². The van der Waals surface area contributed by atoms with E-state index in [9.17, 15) is 9.59 Å². The van der Waals surface area contributed by atoms with Crippen LogP contribution >= 0.6 is 23.4 Å². The maximum atomic E-state index is 12.4. The third kappa shape index (κ3) is 6.57. The zero-order valence-corrected chi connectivity index (χ0v) is 19.0. The van der Waals surface area contributed by atoms with E-state index in [1.54, 1.807) is 24.3 Å². The number of benzene rings is 2. The monoisotopic (exact) mass is 457 g/mol. The molecule has 3 rings (SSSR count). The largest absolute Gasteiger partial charge is 0.326 e. The molecule has 0 atom stereocenters. The lowest BCUT2D eigenvalue weighted by Crippen LogP contribution is -2.18. The number of thioether (sulfide) groups is 1. The number of hydrogen-bond acceptors (Lipinski definition) is 5. The summed E-state index contributed by atoms with van der Waals surface area (Å²) >= 11 is 7.16. The number of carbonyl (C=O) groups excluding carboxylic acids is 2. The van der Waals surface area contributed by atoms with Gasteiger partial charge in [-0.15, -0.1) is 10.2 Å². The Labute approximate surface area is 190 Å². The Balaban J connectivity index is 1.55. The molecule has 0 bridgehead atoms. The van der Waals surface area contributed by atoms with Crippen LogP contribution in [0.3, 0.4) is 0 Å². The van der Waals surface area contributed by atoms with Gasteiger partial charge in [0, 0.05) is 22.9 Å². The molecule has 0 unspecified atom stereocenters. The van der Waals surface area contributed by atoms with Gasteiger partial charge in [-0.05, 0) is 55.3 Å². The first-order valence-corrected chi connectivity index (χ1v) is 11.3. The lowest BCUT2D eigenvalue weighted by Gasteiger charge is -2.09. The molecule has 0 saturated carbocycles. The van der Waals surface area contributed by atoms with Crippen LogP contribution in [0.4, 0.5) is 11.4 Å². The molecular formula is C22H24ClN5O2S. The van der Waals surface area contributed by atoms with Gasteiger partial charge >= 0.3 is 0 Å². The molecule has 9 heteroatoms. The summed E-state index contributed by atoms with van der Waals surface area (Å²) in [5, 5.41) is 15.2. The molecule has 0 fully saturated rings. The number of hydrogen-bond donors (Lipinski definition) is 2. The number of rotatable bonds is 9. The van der Waals surface area contributed by atoms with Crippen LogP contribution in [-0.2, 0) is 29.0 Å². The van der Waals surface area contributed by atoms with Crippen molar-refractivity contribution in [2.24, 2.45) is 0 Å². The minimum absolute atomic E-state index is 0.0833. The zero-order valence-electron chi connectivity index (χ0n) is 17.4. The summed E-state index contributed by atoms with van der Waals surface area (Å²) in [5.41, 5.74) is 2.64. The Morgan fingerprint density at radius 1 is 0.935 bits per heavy atom. The predicted octanol–water partition coefficient (Wildman–Crippen LogP) is 4.43. The summed E-state index contributed by atoms with van der Waals surface area (Å²) < 4.78 is 1.84. The molecule has 0 aliphatic heterocycles. The van der Waals surface area contributed by atoms with Crippen molar-refractivity contribution in [1.82, 2.24) is 14.8 Å². The molecule has 2 N–H and O–H groups in total. The molecule has 162 valence electrons. The van der Waals surface area contributed by atoms with E-state index in [1.165, 1.54) is 17.3 Å². The summed E-state index contributed by atoms with van der Waals surface area (Å²) in [7, 11) is 0. The van der Waals surface area contributed by atoms with E-state index in [-0.39, 0.29) is 24.0 Å². The predicted molar refractivity (Wildman–Crippen MR) is 125 cm³/mol. The number of nitrogens with one attached hydrogen (secondary N) is 2. The smallest absolute Gasteiger partial charge is 0.234 e. The highest BCUT2D eigenvalue weighted by atomic mass is 35.5. The van der Waals surface area contributed by atoms with Crippen molar-refractivity contribution >= 4 is 46.6 Å². The van der Waals surface area contributed by atoms with E-state index in [1.807, 2.05) is 35.8 Å². The van der Waals surface area contributed by atoms with E-state index in [0.717, 1.165) is 12.1 Å². The van der Waals surface area contributed by atoms with Gasteiger partial charge in [0.1, 0.15) is 5.82 Å². The van der Waals surface area contributed by atoms with Crippen molar-refractivity contribution in [1.29, 1.82) is 0 Å². The van der Waals surface area contributed by atoms with Gasteiger partial charge in [0.25, 0.3) is 0 Å². The second-order valence-corrected chi connectivity index (χ2v) is 8.14. The highest BCUT2D eigenvalue weighted by molar-refractivity contribution is 7.99. The first-order valence-electron chi connectivity index (χ1n) is 9.97. The van der Waals surface area contributed by atoms with Crippen LogP contribution in [0, 0.1) is 0 Å². The van der Waals surface area contributed by atoms with Crippen LogP contribution < -0.4 is 10.6 Å². The second kappa shape index (κ2) is 11.0. The highest BCUT2D eigenvalue weighted by Crippen LogP contribution is 2.19. The molecule has 7 nitrogen and oxygen atoms in total. The van der Waals surface area contributed by atoms with Crippen LogP contribution in [0.2, 0.25) is 5.02 Å². The van der Waals surface area contributed by atoms with E-state index in [4.69, 9.17) is 11.6 Å². The molecule has 0 saturated heterocycles. The van der Waals surface area contributed by atoms with Gasteiger partial charge < -0.3 is 15.2 Å². The standard InChI is InChI=1S/C22H24ClN5O2S/c1-3-15-5-9-17(10-6-15)25-21(30)14-31-22-27-26-19(28(22)4-2)13-20(29)24-18-11-7-16(23)8-12-18/h5-12H,3-4,13-14H2,1-2H3,(H,24,29)(H,25,30). The van der Waals surface area contributed by atoms with Crippen LogP contribution in [0.15, 0.2) is 53.7 Å². The average molecular weight is 458 g/mol. The van der Waals surface area contributed by atoms with Gasteiger partial charge in [-0.3, -0.25) is 9.59 Å². The lowest BCUT2D eigenvalue weighted by atomic mass is 10.1. The van der Waals surface area contributed by atoms with Crippen molar-refractivity contribution in [3.63, 3.8) is 0 Å². The Bertz CT molecular complexity index is 1040. The van der Waals surface area contributed by atoms with E-state index in [2.05, 4.69) is 27.8 Å². The molecule has 2 amide bonds. The molecule has 3 aromatic rings. The molecule has 31 heavy (non-hydrogen) atoms. The number of anilines is 2. The van der Waals surface area contributed by atoms with Gasteiger partial charge in [0.15, 0.2) is 5.16 Å². The summed E-state index contributed by atoms with van der Waals surface area (Å²) in [6.07, 6.45) is 1.04. The maximum absolute atomic E-state index is 12.4. The first-order chi connectivity index (χ1) is 15.0. The van der Waals surface area contributed by atoms with Gasteiger partial charge in [-0.2, -0.15) is 0 Å². The van der Waals surface area contributed by atoms with Crippen LogP contribution in [0.5, 0.6) is 0 Å². The van der Waals surface area contributed by atoms with Crippen LogP contribution in [0.1, 0.15) is 25.2 Å². The zero-order chi connectivity index (χ0) is 22.2. The molecule has 1 aromatic heterocycles. The normalized spacial score (nSPS) is 10.7. The molecular weight excluding hydrogens is 434 g/mol. The Morgan fingerprint density at radius 2 is 1.55 bits per heavy atom. The minimum atomic E-state index is -0.200. The Hall–Kier alpha value is -2.84. The second-order valence-electron chi connectivity index (χ2n) is 6.76. The van der Waals surface area contributed by atoms with Gasteiger partial charge in [0.2, 0.25) is 11.8 Å². The van der Waals surface area contributed by atoms with Gasteiger partial charge in [-0.1, -0.05) is 42.4 Å².